The highest BCUT2D eigenvalue weighted by Crippen LogP contribution is 2.18. The topological polar surface area (TPSA) is 73.9 Å². The van der Waals surface area contributed by atoms with E-state index in [-0.39, 0.29) is 18.7 Å². The number of esters is 1. The molecule has 54 heavy (non-hydrogen) atoms. The average molecular weight is 766 g/mol. The maximum Gasteiger partial charge on any atom is 0.407 e. The standard InChI is InChI=1S/C48H95NO5/c1-7-9-11-13-15-17-19-21-23-25-26-28-30-32-34-36-38-45(42-52-47(51)49-43-48(5,6)53-41-40-44(3)4)54-46(50)39-37-35-33-31-29-27-24-22-20-18-16-14-12-10-8-2/h44-45H,7-43H2,1-6H3,(H,49,51). The summed E-state index contributed by atoms with van der Waals surface area (Å²) in [5, 5.41) is 2.85. The van der Waals surface area contributed by atoms with Crippen molar-refractivity contribution in [1.29, 1.82) is 0 Å². The summed E-state index contributed by atoms with van der Waals surface area (Å²) in [5.41, 5.74) is -0.472. The fourth-order valence-corrected chi connectivity index (χ4v) is 7.11. The van der Waals surface area contributed by atoms with E-state index >= 15 is 0 Å². The first kappa shape index (κ1) is 52.7. The summed E-state index contributed by atoms with van der Waals surface area (Å²) in [6.07, 6.45) is 42.1. The molecule has 0 heterocycles. The third-order valence-corrected chi connectivity index (χ3v) is 10.9. The SMILES string of the molecule is CCCCCCCCCCCCCCCCCCC(COC(=O)NCC(C)(C)OCCC(C)C)OC(=O)CCCCCCCCCCCCCCCCC. The van der Waals surface area contributed by atoms with Crippen molar-refractivity contribution in [3.63, 3.8) is 0 Å². The van der Waals surface area contributed by atoms with Crippen molar-refractivity contribution in [2.45, 2.75) is 272 Å². The van der Waals surface area contributed by atoms with Gasteiger partial charge in [0.15, 0.2) is 0 Å². The normalized spacial score (nSPS) is 12.4. The second-order valence-corrected chi connectivity index (χ2v) is 17.6. The Bertz CT molecular complexity index is 800. The Morgan fingerprint density at radius 3 is 1.28 bits per heavy atom. The van der Waals surface area contributed by atoms with Gasteiger partial charge in [0.1, 0.15) is 12.7 Å². The summed E-state index contributed by atoms with van der Waals surface area (Å²) in [4.78, 5) is 25.4. The van der Waals surface area contributed by atoms with Crippen LogP contribution in [-0.4, -0.2) is 43.5 Å². The highest BCUT2D eigenvalue weighted by Gasteiger charge is 2.21. The van der Waals surface area contributed by atoms with Crippen LogP contribution in [0, 0.1) is 5.92 Å². The zero-order valence-electron chi connectivity index (χ0n) is 37.4. The number of hydrogen-bond acceptors (Lipinski definition) is 5. The minimum absolute atomic E-state index is 0.101. The molecular formula is C48H95NO5. The summed E-state index contributed by atoms with van der Waals surface area (Å²) in [6, 6.07) is 0. The van der Waals surface area contributed by atoms with Crippen LogP contribution < -0.4 is 5.32 Å². The van der Waals surface area contributed by atoms with Gasteiger partial charge in [-0.2, -0.15) is 0 Å². The molecule has 0 fully saturated rings. The van der Waals surface area contributed by atoms with Gasteiger partial charge >= 0.3 is 12.1 Å². The van der Waals surface area contributed by atoms with E-state index in [1.54, 1.807) is 0 Å². The average Bonchev–Trinajstić information content (AvgIpc) is 3.14. The van der Waals surface area contributed by atoms with E-state index in [4.69, 9.17) is 14.2 Å². The molecule has 0 aliphatic rings. The summed E-state index contributed by atoms with van der Waals surface area (Å²) in [6.45, 7) is 14.0. The Morgan fingerprint density at radius 1 is 0.519 bits per heavy atom. The molecule has 6 heteroatoms. The Hall–Kier alpha value is -1.30. The second kappa shape index (κ2) is 39.9. The van der Waals surface area contributed by atoms with Gasteiger partial charge in [-0.1, -0.05) is 214 Å². The van der Waals surface area contributed by atoms with E-state index < -0.39 is 11.7 Å². The molecule has 1 atom stereocenters. The zero-order valence-corrected chi connectivity index (χ0v) is 37.4. The van der Waals surface area contributed by atoms with Gasteiger partial charge in [0.2, 0.25) is 0 Å². The van der Waals surface area contributed by atoms with Crippen LogP contribution in [-0.2, 0) is 19.0 Å². The number of carbonyl (C=O) groups is 2. The highest BCUT2D eigenvalue weighted by molar-refractivity contribution is 5.69. The van der Waals surface area contributed by atoms with Crippen LogP contribution in [0.3, 0.4) is 0 Å². The van der Waals surface area contributed by atoms with Gasteiger partial charge in [-0.05, 0) is 45.4 Å². The van der Waals surface area contributed by atoms with Gasteiger partial charge in [0.05, 0.1) is 5.60 Å². The number of unbranched alkanes of at least 4 members (excludes halogenated alkanes) is 29. The fraction of sp³-hybridized carbons (Fsp3) is 0.958. The van der Waals surface area contributed by atoms with Crippen LogP contribution in [0.4, 0.5) is 4.79 Å². The molecule has 1 amide bonds. The van der Waals surface area contributed by atoms with E-state index in [9.17, 15) is 9.59 Å². The van der Waals surface area contributed by atoms with Crippen LogP contribution in [0.1, 0.15) is 260 Å². The number of ether oxygens (including phenoxy) is 3. The lowest BCUT2D eigenvalue weighted by Crippen LogP contribution is -2.41. The summed E-state index contributed by atoms with van der Waals surface area (Å²) in [7, 11) is 0. The zero-order chi connectivity index (χ0) is 39.8. The first-order valence-electron chi connectivity index (χ1n) is 23.9. The van der Waals surface area contributed by atoms with Gasteiger partial charge < -0.3 is 19.5 Å². The first-order valence-corrected chi connectivity index (χ1v) is 23.9. The molecule has 0 aliphatic heterocycles. The van der Waals surface area contributed by atoms with Gasteiger partial charge in [-0.15, -0.1) is 0 Å². The predicted molar refractivity (Wildman–Crippen MR) is 232 cm³/mol. The van der Waals surface area contributed by atoms with Crippen molar-refractivity contribution in [3.8, 4) is 0 Å². The molecule has 1 unspecified atom stereocenters. The van der Waals surface area contributed by atoms with E-state index in [2.05, 4.69) is 33.0 Å². The molecule has 0 aromatic rings. The van der Waals surface area contributed by atoms with E-state index in [0.717, 1.165) is 38.5 Å². The van der Waals surface area contributed by atoms with Crippen molar-refractivity contribution in [3.05, 3.63) is 0 Å². The van der Waals surface area contributed by atoms with Crippen LogP contribution in [0.25, 0.3) is 0 Å². The predicted octanol–water partition coefficient (Wildman–Crippen LogP) is 15.4. The fourth-order valence-electron chi connectivity index (χ4n) is 7.11. The lowest BCUT2D eigenvalue weighted by molar-refractivity contribution is -0.151. The molecule has 0 spiro atoms. The Morgan fingerprint density at radius 2 is 0.889 bits per heavy atom. The molecule has 0 radical (unpaired) electrons. The Kier molecular flexibility index (Phi) is 39.0. The number of amides is 1. The van der Waals surface area contributed by atoms with Gasteiger partial charge in [0, 0.05) is 19.6 Å². The molecule has 6 nitrogen and oxygen atoms in total. The summed E-state index contributed by atoms with van der Waals surface area (Å²) in [5.74, 6) is 0.418. The van der Waals surface area contributed by atoms with Gasteiger partial charge in [-0.3, -0.25) is 4.79 Å². The molecule has 0 bridgehead atoms. The van der Waals surface area contributed by atoms with Crippen molar-refractivity contribution in [2.24, 2.45) is 5.92 Å². The summed E-state index contributed by atoms with van der Waals surface area (Å²) < 4.78 is 17.4. The maximum atomic E-state index is 12.8. The number of carbonyl (C=O) groups excluding carboxylic acids is 2. The summed E-state index contributed by atoms with van der Waals surface area (Å²) >= 11 is 0. The first-order chi connectivity index (χ1) is 26.2. The molecule has 0 aromatic carbocycles. The van der Waals surface area contributed by atoms with Crippen molar-refractivity contribution in [1.82, 2.24) is 5.32 Å². The smallest absolute Gasteiger partial charge is 0.407 e. The molecule has 0 saturated heterocycles. The Balaban J connectivity index is 4.29. The lowest BCUT2D eigenvalue weighted by Gasteiger charge is -2.26. The highest BCUT2D eigenvalue weighted by atomic mass is 16.6. The quantitative estimate of drug-likeness (QED) is 0.0495. The van der Waals surface area contributed by atoms with E-state index in [0.29, 0.717) is 25.5 Å². The van der Waals surface area contributed by atoms with E-state index in [1.165, 1.54) is 173 Å². The molecule has 322 valence electrons. The van der Waals surface area contributed by atoms with Gasteiger partial charge in [0.25, 0.3) is 0 Å². The largest absolute Gasteiger partial charge is 0.459 e. The minimum Gasteiger partial charge on any atom is -0.459 e. The number of alkyl carbamates (subject to hydrolysis) is 1. The number of rotatable bonds is 42. The third-order valence-electron chi connectivity index (χ3n) is 10.9. The number of nitrogens with one attached hydrogen (secondary N) is 1. The minimum atomic E-state index is -0.481. The number of hydrogen-bond donors (Lipinski definition) is 1. The van der Waals surface area contributed by atoms with Gasteiger partial charge in [-0.25, -0.2) is 4.79 Å². The van der Waals surface area contributed by atoms with Crippen molar-refractivity contribution < 1.29 is 23.8 Å². The van der Waals surface area contributed by atoms with Crippen molar-refractivity contribution in [2.75, 3.05) is 19.8 Å². The Labute approximate surface area is 337 Å². The molecule has 0 aliphatic carbocycles. The van der Waals surface area contributed by atoms with Crippen LogP contribution >= 0.6 is 0 Å². The molecule has 0 aromatic heterocycles. The monoisotopic (exact) mass is 766 g/mol. The molecule has 0 rings (SSSR count). The molecular weight excluding hydrogens is 671 g/mol. The third kappa shape index (κ3) is 40.4. The maximum absolute atomic E-state index is 12.8. The molecule has 1 N–H and O–H groups in total. The van der Waals surface area contributed by atoms with Crippen LogP contribution in [0.2, 0.25) is 0 Å². The van der Waals surface area contributed by atoms with Crippen molar-refractivity contribution >= 4 is 12.1 Å². The molecule has 0 saturated carbocycles. The lowest BCUT2D eigenvalue weighted by atomic mass is 10.0. The van der Waals surface area contributed by atoms with Crippen LogP contribution in [0.5, 0.6) is 0 Å². The van der Waals surface area contributed by atoms with E-state index in [1.807, 2.05) is 13.8 Å². The van der Waals surface area contributed by atoms with Crippen LogP contribution in [0.15, 0.2) is 0 Å². The second-order valence-electron chi connectivity index (χ2n) is 17.6.